The van der Waals surface area contributed by atoms with Crippen LogP contribution in [0.25, 0.3) is 0 Å². The van der Waals surface area contributed by atoms with Crippen molar-refractivity contribution in [2.45, 2.75) is 26.2 Å². The summed E-state index contributed by atoms with van der Waals surface area (Å²) < 4.78 is 10.7. The summed E-state index contributed by atoms with van der Waals surface area (Å²) in [5, 5.41) is 0. The average Bonchev–Trinajstić information content (AvgIpc) is 2.55. The summed E-state index contributed by atoms with van der Waals surface area (Å²) in [6.07, 6.45) is 3.17. The summed E-state index contributed by atoms with van der Waals surface area (Å²) in [7, 11) is 3.21. The Bertz CT molecular complexity index is 510. The highest BCUT2D eigenvalue weighted by Crippen LogP contribution is 2.30. The Morgan fingerprint density at radius 1 is 1.30 bits per heavy atom. The summed E-state index contributed by atoms with van der Waals surface area (Å²) in [6, 6.07) is 3.60. The largest absolute Gasteiger partial charge is 0.496 e. The number of halogens is 1. The number of carbonyl (C=O) groups excluding carboxylic acids is 1. The van der Waals surface area contributed by atoms with Gasteiger partial charge < -0.3 is 20.1 Å². The van der Waals surface area contributed by atoms with Crippen LogP contribution < -0.4 is 15.2 Å². The first-order valence-corrected chi connectivity index (χ1v) is 7.82. The molecule has 0 spiro atoms. The number of hydrogen-bond acceptors (Lipinski definition) is 4. The highest BCUT2D eigenvalue weighted by Gasteiger charge is 2.25. The van der Waals surface area contributed by atoms with Crippen LogP contribution in [0.15, 0.2) is 12.1 Å². The lowest BCUT2D eigenvalue weighted by Crippen LogP contribution is -2.40. The number of likely N-dealkylation sites (tertiary alicyclic amines) is 1. The minimum Gasteiger partial charge on any atom is -0.496 e. The van der Waals surface area contributed by atoms with Gasteiger partial charge in [0.25, 0.3) is 5.91 Å². The second kappa shape index (κ2) is 8.99. The van der Waals surface area contributed by atoms with Gasteiger partial charge in [0.05, 0.1) is 14.2 Å². The molecule has 0 bridgehead atoms. The molecule has 1 fully saturated rings. The van der Waals surface area contributed by atoms with E-state index in [-0.39, 0.29) is 18.3 Å². The molecular formula is C17H27ClN2O3. The van der Waals surface area contributed by atoms with Crippen LogP contribution in [0.2, 0.25) is 0 Å². The van der Waals surface area contributed by atoms with Crippen molar-refractivity contribution in [1.82, 2.24) is 4.90 Å². The van der Waals surface area contributed by atoms with Crippen LogP contribution in [0.1, 0.15) is 35.2 Å². The molecule has 1 unspecified atom stereocenters. The monoisotopic (exact) mass is 342 g/mol. The van der Waals surface area contributed by atoms with E-state index in [1.165, 1.54) is 0 Å². The Morgan fingerprint density at radius 2 is 1.91 bits per heavy atom. The summed E-state index contributed by atoms with van der Waals surface area (Å²) in [5.41, 5.74) is 7.17. The number of carbonyl (C=O) groups is 1. The Morgan fingerprint density at radius 3 is 2.43 bits per heavy atom. The summed E-state index contributed by atoms with van der Waals surface area (Å²) in [4.78, 5) is 14.7. The van der Waals surface area contributed by atoms with Gasteiger partial charge in [-0.1, -0.05) is 0 Å². The van der Waals surface area contributed by atoms with E-state index in [4.69, 9.17) is 15.2 Å². The van der Waals surface area contributed by atoms with Gasteiger partial charge in [-0.15, -0.1) is 12.4 Å². The fraction of sp³-hybridized carbons (Fsp3) is 0.588. The van der Waals surface area contributed by atoms with Gasteiger partial charge in [-0.25, -0.2) is 0 Å². The van der Waals surface area contributed by atoms with Crippen molar-refractivity contribution in [2.24, 2.45) is 11.7 Å². The standard InChI is InChI=1S/C17H26N2O3.ClH/c1-12-15(21-2)9-14(10-16(12)22-3)17(20)19-8-4-5-13(11-19)6-7-18;/h9-10,13H,4-8,11,18H2,1-3H3;1H. The maximum absolute atomic E-state index is 12.8. The van der Waals surface area contributed by atoms with Crippen LogP contribution in [0.4, 0.5) is 0 Å². The third-order valence-electron chi connectivity index (χ3n) is 4.38. The molecule has 1 saturated heterocycles. The summed E-state index contributed by atoms with van der Waals surface area (Å²) >= 11 is 0. The maximum atomic E-state index is 12.8. The first-order valence-electron chi connectivity index (χ1n) is 7.82. The Kier molecular flexibility index (Phi) is 7.65. The van der Waals surface area contributed by atoms with Crippen molar-refractivity contribution < 1.29 is 14.3 Å². The van der Waals surface area contributed by atoms with Crippen LogP contribution in [-0.2, 0) is 0 Å². The Hall–Kier alpha value is -1.46. The van der Waals surface area contributed by atoms with E-state index in [0.29, 0.717) is 29.5 Å². The molecule has 2 N–H and O–H groups in total. The number of benzene rings is 1. The molecule has 1 aromatic rings. The highest BCUT2D eigenvalue weighted by molar-refractivity contribution is 5.95. The molecule has 1 heterocycles. The Labute approximate surface area is 144 Å². The van der Waals surface area contributed by atoms with Crippen LogP contribution >= 0.6 is 12.4 Å². The molecule has 1 amide bonds. The van der Waals surface area contributed by atoms with E-state index in [9.17, 15) is 4.79 Å². The summed E-state index contributed by atoms with van der Waals surface area (Å²) in [6.45, 7) is 4.19. The van der Waals surface area contributed by atoms with Gasteiger partial charge in [-0.05, 0) is 50.8 Å². The summed E-state index contributed by atoms with van der Waals surface area (Å²) in [5.74, 6) is 1.91. The minimum atomic E-state index is 0. The van der Waals surface area contributed by atoms with E-state index in [0.717, 1.165) is 37.9 Å². The van der Waals surface area contributed by atoms with Crippen molar-refractivity contribution in [3.05, 3.63) is 23.3 Å². The molecule has 1 aliphatic heterocycles. The average molecular weight is 343 g/mol. The van der Waals surface area contributed by atoms with Crippen molar-refractivity contribution in [3.63, 3.8) is 0 Å². The lowest BCUT2D eigenvalue weighted by molar-refractivity contribution is 0.0669. The van der Waals surface area contributed by atoms with Gasteiger partial charge in [0.2, 0.25) is 0 Å². The number of rotatable bonds is 5. The van der Waals surface area contributed by atoms with Crippen molar-refractivity contribution in [2.75, 3.05) is 33.9 Å². The predicted molar refractivity (Wildman–Crippen MR) is 93.8 cm³/mol. The molecule has 1 aliphatic rings. The molecule has 0 radical (unpaired) electrons. The van der Waals surface area contributed by atoms with Crippen molar-refractivity contribution in [3.8, 4) is 11.5 Å². The number of nitrogens with two attached hydrogens (primary N) is 1. The first-order chi connectivity index (χ1) is 10.6. The highest BCUT2D eigenvalue weighted by atomic mass is 35.5. The third kappa shape index (κ3) is 4.52. The van der Waals surface area contributed by atoms with Gasteiger partial charge in [0, 0.05) is 24.2 Å². The molecule has 2 rings (SSSR count). The van der Waals surface area contributed by atoms with Gasteiger partial charge in [0.1, 0.15) is 11.5 Å². The second-order valence-corrected chi connectivity index (χ2v) is 5.84. The molecule has 5 nitrogen and oxygen atoms in total. The molecule has 1 atom stereocenters. The van der Waals surface area contributed by atoms with Gasteiger partial charge in [0.15, 0.2) is 0 Å². The lowest BCUT2D eigenvalue weighted by atomic mass is 9.94. The Balaban J connectivity index is 0.00000264. The minimum absolute atomic E-state index is 0. The molecule has 1 aromatic carbocycles. The molecule has 0 aromatic heterocycles. The van der Waals surface area contributed by atoms with E-state index in [1.54, 1.807) is 26.4 Å². The molecule has 130 valence electrons. The van der Waals surface area contributed by atoms with E-state index < -0.39 is 0 Å². The molecule has 0 saturated carbocycles. The molecular weight excluding hydrogens is 316 g/mol. The van der Waals surface area contributed by atoms with Crippen LogP contribution in [0, 0.1) is 12.8 Å². The van der Waals surface area contributed by atoms with Crippen molar-refractivity contribution >= 4 is 18.3 Å². The SMILES string of the molecule is COc1cc(C(=O)N2CCCC(CCN)C2)cc(OC)c1C.Cl. The van der Waals surface area contributed by atoms with Crippen LogP contribution in [0.3, 0.4) is 0 Å². The van der Waals surface area contributed by atoms with Crippen LogP contribution in [0.5, 0.6) is 11.5 Å². The predicted octanol–water partition coefficient (Wildman–Crippen LogP) is 2.64. The van der Waals surface area contributed by atoms with Crippen LogP contribution in [-0.4, -0.2) is 44.7 Å². The van der Waals surface area contributed by atoms with Crippen molar-refractivity contribution in [1.29, 1.82) is 0 Å². The number of nitrogens with zero attached hydrogens (tertiary/aromatic N) is 1. The molecule has 23 heavy (non-hydrogen) atoms. The van der Waals surface area contributed by atoms with E-state index >= 15 is 0 Å². The second-order valence-electron chi connectivity index (χ2n) is 5.84. The van der Waals surface area contributed by atoms with Gasteiger partial charge >= 0.3 is 0 Å². The number of piperidine rings is 1. The van der Waals surface area contributed by atoms with E-state index in [1.807, 2.05) is 11.8 Å². The zero-order chi connectivity index (χ0) is 16.1. The fourth-order valence-electron chi connectivity index (χ4n) is 3.11. The topological polar surface area (TPSA) is 64.8 Å². The zero-order valence-electron chi connectivity index (χ0n) is 14.1. The molecule has 6 heteroatoms. The normalized spacial score (nSPS) is 17.4. The fourth-order valence-corrected chi connectivity index (χ4v) is 3.11. The number of hydrogen-bond donors (Lipinski definition) is 1. The van der Waals surface area contributed by atoms with Gasteiger partial charge in [-0.3, -0.25) is 4.79 Å². The zero-order valence-corrected chi connectivity index (χ0v) is 14.9. The number of methoxy groups -OCH3 is 2. The lowest BCUT2D eigenvalue weighted by Gasteiger charge is -2.33. The third-order valence-corrected chi connectivity index (χ3v) is 4.38. The van der Waals surface area contributed by atoms with Gasteiger partial charge in [-0.2, -0.15) is 0 Å². The maximum Gasteiger partial charge on any atom is 0.254 e. The number of amides is 1. The number of ether oxygens (including phenoxy) is 2. The first kappa shape index (κ1) is 19.6. The van der Waals surface area contributed by atoms with E-state index in [2.05, 4.69) is 0 Å². The quantitative estimate of drug-likeness (QED) is 0.893. The molecule has 0 aliphatic carbocycles. The smallest absolute Gasteiger partial charge is 0.254 e.